The Kier molecular flexibility index (Phi) is 9.57. The van der Waals surface area contributed by atoms with E-state index in [1.807, 2.05) is 34.1 Å². The highest BCUT2D eigenvalue weighted by Gasteiger charge is 2.40. The van der Waals surface area contributed by atoms with Crippen molar-refractivity contribution < 1.29 is 40.8 Å². The molecule has 3 saturated heterocycles. The first-order valence-electron chi connectivity index (χ1n) is 16.4. The van der Waals surface area contributed by atoms with Crippen molar-refractivity contribution in [2.75, 3.05) is 52.4 Å². The van der Waals surface area contributed by atoms with Gasteiger partial charge in [0.15, 0.2) is 0 Å². The molecule has 0 bridgehead atoms. The van der Waals surface area contributed by atoms with Gasteiger partial charge in [0, 0.05) is 74.3 Å². The Labute approximate surface area is 269 Å². The molecule has 13 heteroatoms. The molecule has 3 aromatic rings. The number of halogens is 6. The van der Waals surface area contributed by atoms with Gasteiger partial charge in [0.05, 0.1) is 36.8 Å². The number of benzene rings is 2. The van der Waals surface area contributed by atoms with Crippen molar-refractivity contribution in [2.24, 2.45) is 0 Å². The molecule has 3 fully saturated rings. The summed E-state index contributed by atoms with van der Waals surface area (Å²) in [7, 11) is 0. The lowest BCUT2D eigenvalue weighted by atomic mass is 9.98. The van der Waals surface area contributed by atoms with Crippen molar-refractivity contribution in [3.63, 3.8) is 0 Å². The SMILES string of the molecule is O=C(CN1CCN(C(=O)c2cc(C(F)(F)F)cc(C(F)(F)F)c2)[C@H](Cc2c[nH]c3ccccc23)C1)N1CCC([NH+]2CCCCC2)CC1. The largest absolute Gasteiger partial charge is 0.416 e. The summed E-state index contributed by atoms with van der Waals surface area (Å²) in [5.74, 6) is -0.907. The normalized spacial score (nSPS) is 21.0. The standard InChI is InChI=1S/C34H39F6N5O2/c35-33(36,37)25-16-23(17-26(19-25)34(38,39)40)32(47)45-15-14-42(21-28(45)18-24-20-41-30-7-3-2-6-29(24)30)22-31(46)44-12-8-27(9-13-44)43-10-4-1-5-11-43/h2-3,6-7,16-17,19-20,27-28,41H,1,4-5,8-15,18,21-22H2/p+1/t28-/m1/s1. The zero-order valence-electron chi connectivity index (χ0n) is 26.1. The number of carbonyl (C=O) groups excluding carboxylic acids is 2. The lowest BCUT2D eigenvalue weighted by Crippen LogP contribution is -3.16. The van der Waals surface area contributed by atoms with Crippen LogP contribution in [0.25, 0.3) is 10.9 Å². The molecule has 254 valence electrons. The highest BCUT2D eigenvalue weighted by atomic mass is 19.4. The number of quaternary nitrogens is 1. The van der Waals surface area contributed by atoms with E-state index in [9.17, 15) is 35.9 Å². The number of likely N-dealkylation sites (tertiary alicyclic amines) is 2. The first kappa shape index (κ1) is 33.3. The molecule has 0 saturated carbocycles. The summed E-state index contributed by atoms with van der Waals surface area (Å²) in [6, 6.07) is 8.53. The lowest BCUT2D eigenvalue weighted by molar-refractivity contribution is -0.931. The number of amides is 2. The number of H-pyrrole nitrogens is 1. The van der Waals surface area contributed by atoms with Gasteiger partial charge in [-0.15, -0.1) is 0 Å². The van der Waals surface area contributed by atoms with E-state index in [2.05, 4.69) is 4.98 Å². The van der Waals surface area contributed by atoms with E-state index >= 15 is 0 Å². The topological polar surface area (TPSA) is 64.1 Å². The molecular weight excluding hydrogens is 624 g/mol. The third-order valence-corrected chi connectivity index (χ3v) is 10.1. The smallest absolute Gasteiger partial charge is 0.361 e. The van der Waals surface area contributed by atoms with Crippen LogP contribution in [-0.4, -0.2) is 95.9 Å². The molecule has 47 heavy (non-hydrogen) atoms. The van der Waals surface area contributed by atoms with Gasteiger partial charge in [-0.25, -0.2) is 0 Å². The number of hydrogen-bond acceptors (Lipinski definition) is 3. The maximum Gasteiger partial charge on any atom is 0.416 e. The van der Waals surface area contributed by atoms with Gasteiger partial charge >= 0.3 is 12.4 Å². The molecule has 0 aliphatic carbocycles. The quantitative estimate of drug-likeness (QED) is 0.378. The number of piperidine rings is 2. The molecule has 0 unspecified atom stereocenters. The molecule has 4 heterocycles. The van der Waals surface area contributed by atoms with Crippen molar-refractivity contribution >= 4 is 22.7 Å². The van der Waals surface area contributed by atoms with Gasteiger partial charge in [0.1, 0.15) is 0 Å². The molecule has 3 aliphatic heterocycles. The van der Waals surface area contributed by atoms with E-state index < -0.39 is 41.0 Å². The molecule has 2 amide bonds. The fourth-order valence-corrected chi connectivity index (χ4v) is 7.55. The number of fused-ring (bicyclic) bond motifs is 1. The lowest BCUT2D eigenvalue weighted by Gasteiger charge is -2.42. The summed E-state index contributed by atoms with van der Waals surface area (Å²) in [4.78, 5) is 37.3. The summed E-state index contributed by atoms with van der Waals surface area (Å²) in [6.45, 7) is 4.47. The average molecular weight is 665 g/mol. The Morgan fingerprint density at radius 1 is 0.851 bits per heavy atom. The fourth-order valence-electron chi connectivity index (χ4n) is 7.55. The van der Waals surface area contributed by atoms with Crippen molar-refractivity contribution in [1.82, 2.24) is 19.7 Å². The van der Waals surface area contributed by atoms with E-state index in [1.54, 1.807) is 11.1 Å². The zero-order chi connectivity index (χ0) is 33.3. The maximum absolute atomic E-state index is 13.8. The highest BCUT2D eigenvalue weighted by Crippen LogP contribution is 2.37. The third kappa shape index (κ3) is 7.61. The van der Waals surface area contributed by atoms with Crippen LogP contribution in [-0.2, 0) is 23.6 Å². The van der Waals surface area contributed by atoms with Crippen molar-refractivity contribution in [1.29, 1.82) is 0 Å². The summed E-state index contributed by atoms with van der Waals surface area (Å²) >= 11 is 0. The number of hydrogen-bond donors (Lipinski definition) is 2. The first-order chi connectivity index (χ1) is 22.4. The third-order valence-electron chi connectivity index (χ3n) is 10.1. The first-order valence-corrected chi connectivity index (χ1v) is 16.4. The van der Waals surface area contributed by atoms with Gasteiger partial charge in [-0.3, -0.25) is 14.5 Å². The number of para-hydroxylation sites is 1. The highest BCUT2D eigenvalue weighted by molar-refractivity contribution is 5.95. The Balaban J connectivity index is 1.20. The number of rotatable bonds is 6. The van der Waals surface area contributed by atoms with E-state index in [0.29, 0.717) is 37.7 Å². The van der Waals surface area contributed by atoms with Crippen LogP contribution in [0.4, 0.5) is 26.3 Å². The van der Waals surface area contributed by atoms with Crippen LogP contribution in [0.2, 0.25) is 0 Å². The van der Waals surface area contributed by atoms with Crippen LogP contribution in [0, 0.1) is 0 Å². The summed E-state index contributed by atoms with van der Waals surface area (Å²) in [5, 5.41) is 0.908. The number of aromatic nitrogens is 1. The van der Waals surface area contributed by atoms with Crippen LogP contribution >= 0.6 is 0 Å². The molecule has 1 atom stereocenters. The van der Waals surface area contributed by atoms with Gasteiger partial charge in [0.2, 0.25) is 5.91 Å². The maximum atomic E-state index is 13.8. The van der Waals surface area contributed by atoms with Crippen LogP contribution < -0.4 is 4.90 Å². The number of aromatic amines is 1. The predicted octanol–water partition coefficient (Wildman–Crippen LogP) is 4.63. The van der Waals surface area contributed by atoms with E-state index in [4.69, 9.17) is 0 Å². The Bertz CT molecular complexity index is 1540. The second kappa shape index (κ2) is 13.5. The van der Waals surface area contributed by atoms with Gasteiger partial charge in [0.25, 0.3) is 5.91 Å². The Morgan fingerprint density at radius 2 is 1.51 bits per heavy atom. The zero-order valence-corrected chi connectivity index (χ0v) is 26.1. The van der Waals surface area contributed by atoms with E-state index in [-0.39, 0.29) is 38.2 Å². The van der Waals surface area contributed by atoms with Crippen LogP contribution in [0.5, 0.6) is 0 Å². The summed E-state index contributed by atoms with van der Waals surface area (Å²) in [5.41, 5.74) is -2.00. The van der Waals surface area contributed by atoms with E-state index in [0.717, 1.165) is 29.3 Å². The number of alkyl halides is 6. The molecular formula is C34H40F6N5O2+. The molecule has 0 spiro atoms. The molecule has 3 aliphatic rings. The molecule has 2 aromatic carbocycles. The minimum atomic E-state index is -5.07. The minimum Gasteiger partial charge on any atom is -0.361 e. The van der Waals surface area contributed by atoms with Crippen LogP contribution in [0.3, 0.4) is 0 Å². The van der Waals surface area contributed by atoms with Gasteiger partial charge in [-0.2, -0.15) is 26.3 Å². The minimum absolute atomic E-state index is 0.00425. The molecule has 6 rings (SSSR count). The summed E-state index contributed by atoms with van der Waals surface area (Å²) < 4.78 is 81.7. The van der Waals surface area contributed by atoms with Crippen LogP contribution in [0.1, 0.15) is 59.2 Å². The molecule has 1 aromatic heterocycles. The number of nitrogens with zero attached hydrogens (tertiary/aromatic N) is 3. The number of nitrogens with one attached hydrogen (secondary N) is 2. The van der Waals surface area contributed by atoms with Gasteiger partial charge in [-0.05, 0) is 55.5 Å². The predicted molar refractivity (Wildman–Crippen MR) is 164 cm³/mol. The Hall–Kier alpha value is -3.58. The second-order valence-corrected chi connectivity index (χ2v) is 13.1. The van der Waals surface area contributed by atoms with Crippen molar-refractivity contribution in [2.45, 2.75) is 63.0 Å². The average Bonchev–Trinajstić information content (AvgIpc) is 3.46. The number of piperazine rings is 1. The van der Waals surface area contributed by atoms with Gasteiger partial charge in [-0.1, -0.05) is 18.2 Å². The van der Waals surface area contributed by atoms with Crippen LogP contribution in [0.15, 0.2) is 48.7 Å². The van der Waals surface area contributed by atoms with Gasteiger partial charge < -0.3 is 19.7 Å². The molecule has 7 nitrogen and oxygen atoms in total. The summed E-state index contributed by atoms with van der Waals surface area (Å²) in [6.07, 6.45) is -2.32. The Morgan fingerprint density at radius 3 is 2.17 bits per heavy atom. The molecule has 0 radical (unpaired) electrons. The monoisotopic (exact) mass is 664 g/mol. The fraction of sp³-hybridized carbons (Fsp3) is 0.529. The van der Waals surface area contributed by atoms with Crippen molar-refractivity contribution in [3.05, 3.63) is 70.9 Å². The second-order valence-electron chi connectivity index (χ2n) is 13.1. The van der Waals surface area contributed by atoms with E-state index in [1.165, 1.54) is 37.3 Å². The molecule has 2 N–H and O–H groups in total. The number of carbonyl (C=O) groups is 2. The van der Waals surface area contributed by atoms with Crippen molar-refractivity contribution in [3.8, 4) is 0 Å².